The summed E-state index contributed by atoms with van der Waals surface area (Å²) < 4.78 is 14.8. The molecule has 3 N–H and O–H groups in total. The zero-order valence-corrected chi connectivity index (χ0v) is 21.7. The normalized spacial score (nSPS) is 11.6. The Morgan fingerprint density at radius 3 is 2.50 bits per heavy atom. The summed E-state index contributed by atoms with van der Waals surface area (Å²) in [5.74, 6) is -0.0621. The number of carbonyl (C=O) groups is 3. The number of hydrogen-bond acceptors (Lipinski definition) is 8. The molecule has 2 aromatic carbocycles. The van der Waals surface area contributed by atoms with Crippen LogP contribution in [-0.2, 0) is 20.6 Å². The van der Waals surface area contributed by atoms with Gasteiger partial charge in [0.1, 0.15) is 11.4 Å². The molecule has 0 radical (unpaired) electrons. The number of anilines is 1. The van der Waals surface area contributed by atoms with Crippen LogP contribution in [0.1, 0.15) is 54.1 Å². The lowest BCUT2D eigenvalue weighted by Crippen LogP contribution is -2.36. The molecular weight excluding hydrogens is 490 g/mol. The van der Waals surface area contributed by atoms with Crippen molar-refractivity contribution >= 4 is 23.8 Å². The molecule has 0 saturated carbocycles. The van der Waals surface area contributed by atoms with Crippen molar-refractivity contribution in [3.05, 3.63) is 71.2 Å². The van der Waals surface area contributed by atoms with Crippen LogP contribution in [0.2, 0.25) is 0 Å². The van der Waals surface area contributed by atoms with Crippen LogP contribution in [-0.4, -0.2) is 47.9 Å². The summed E-state index contributed by atoms with van der Waals surface area (Å²) in [7, 11) is 2.55. The number of rotatable bonds is 7. The molecule has 3 rings (SSSR count). The summed E-state index contributed by atoms with van der Waals surface area (Å²) in [5.41, 5.74) is 2.17. The van der Waals surface area contributed by atoms with Crippen molar-refractivity contribution in [2.45, 2.75) is 38.8 Å². The Hall–Kier alpha value is -4.85. The van der Waals surface area contributed by atoms with Gasteiger partial charge in [0.15, 0.2) is 0 Å². The number of methoxy groups -OCH3 is 2. The van der Waals surface area contributed by atoms with Gasteiger partial charge in [-0.2, -0.15) is 5.26 Å². The molecule has 0 spiro atoms. The van der Waals surface area contributed by atoms with Crippen LogP contribution in [0.4, 0.5) is 15.3 Å². The van der Waals surface area contributed by atoms with Crippen LogP contribution in [0.5, 0.6) is 0 Å². The molecule has 11 nitrogen and oxygen atoms in total. The first kappa shape index (κ1) is 27.7. The molecule has 0 bridgehead atoms. The number of aromatic amines is 1. The highest BCUT2D eigenvalue weighted by Crippen LogP contribution is 2.27. The van der Waals surface area contributed by atoms with E-state index in [0.717, 1.165) is 5.56 Å². The van der Waals surface area contributed by atoms with Crippen LogP contribution >= 0.6 is 0 Å². The van der Waals surface area contributed by atoms with Gasteiger partial charge in [-0.25, -0.2) is 19.4 Å². The van der Waals surface area contributed by atoms with E-state index in [4.69, 9.17) is 9.47 Å². The minimum atomic E-state index is -0.713. The van der Waals surface area contributed by atoms with Crippen molar-refractivity contribution in [1.29, 1.82) is 5.26 Å². The standard InChI is InChI=1S/C27H29N5O6/c1-27(2,3)38-26(35)32-21(12-16-7-6-8-17(11-16)24(33)36-4)23-29-15-22(31-23)20-10-9-19(13-18(20)14-28)30-25(34)37-5/h6-11,13,15,21H,12H2,1-5H3,(H,29,31)(H,30,34)(H,32,35)/t21-/m0/s1. The lowest BCUT2D eigenvalue weighted by Gasteiger charge is -2.23. The maximum Gasteiger partial charge on any atom is 0.411 e. The molecule has 0 aliphatic heterocycles. The van der Waals surface area contributed by atoms with Crippen molar-refractivity contribution in [1.82, 2.24) is 15.3 Å². The number of alkyl carbamates (subject to hydrolysis) is 1. The topological polar surface area (TPSA) is 155 Å². The molecule has 1 heterocycles. The molecule has 1 aromatic heterocycles. The summed E-state index contributed by atoms with van der Waals surface area (Å²) in [5, 5.41) is 15.0. The van der Waals surface area contributed by atoms with Crippen molar-refractivity contribution in [3.63, 3.8) is 0 Å². The summed E-state index contributed by atoms with van der Waals surface area (Å²) in [6, 6.07) is 13.1. The predicted octanol–water partition coefficient (Wildman–Crippen LogP) is 4.72. The molecule has 0 unspecified atom stereocenters. The number of imidazole rings is 1. The van der Waals surface area contributed by atoms with E-state index in [0.29, 0.717) is 28.3 Å². The van der Waals surface area contributed by atoms with Crippen LogP contribution in [0.15, 0.2) is 48.7 Å². The summed E-state index contributed by atoms with van der Waals surface area (Å²) in [6.45, 7) is 5.28. The maximum absolute atomic E-state index is 12.6. The fourth-order valence-electron chi connectivity index (χ4n) is 3.61. The molecule has 0 aliphatic rings. The van der Waals surface area contributed by atoms with E-state index >= 15 is 0 Å². The highest BCUT2D eigenvalue weighted by molar-refractivity contribution is 5.89. The summed E-state index contributed by atoms with van der Waals surface area (Å²) in [4.78, 5) is 43.8. The summed E-state index contributed by atoms with van der Waals surface area (Å²) >= 11 is 0. The van der Waals surface area contributed by atoms with Gasteiger partial charge in [0.25, 0.3) is 0 Å². The Morgan fingerprint density at radius 2 is 1.84 bits per heavy atom. The number of nitrogens with zero attached hydrogens (tertiary/aromatic N) is 2. The minimum Gasteiger partial charge on any atom is -0.465 e. The molecule has 38 heavy (non-hydrogen) atoms. The van der Waals surface area contributed by atoms with Crippen molar-refractivity contribution in [2.75, 3.05) is 19.5 Å². The highest BCUT2D eigenvalue weighted by Gasteiger charge is 2.24. The van der Waals surface area contributed by atoms with Crippen LogP contribution in [0.3, 0.4) is 0 Å². The third kappa shape index (κ3) is 7.33. The zero-order valence-electron chi connectivity index (χ0n) is 21.7. The zero-order chi connectivity index (χ0) is 27.9. The molecule has 0 aliphatic carbocycles. The minimum absolute atomic E-state index is 0.282. The van der Waals surface area contributed by atoms with E-state index in [2.05, 4.69) is 31.4 Å². The number of aromatic nitrogens is 2. The molecule has 2 amide bonds. The monoisotopic (exact) mass is 519 g/mol. The van der Waals surface area contributed by atoms with Gasteiger partial charge >= 0.3 is 18.2 Å². The van der Waals surface area contributed by atoms with Gasteiger partial charge in [0, 0.05) is 17.7 Å². The quantitative estimate of drug-likeness (QED) is 0.299. The molecule has 1 atom stereocenters. The lowest BCUT2D eigenvalue weighted by atomic mass is 10.0. The molecular formula is C27H29N5O6. The number of carbonyl (C=O) groups excluding carboxylic acids is 3. The van der Waals surface area contributed by atoms with Crippen molar-refractivity contribution in [2.24, 2.45) is 0 Å². The lowest BCUT2D eigenvalue weighted by molar-refractivity contribution is 0.0499. The van der Waals surface area contributed by atoms with Gasteiger partial charge < -0.3 is 24.5 Å². The Bertz CT molecular complexity index is 1370. The number of amides is 2. The molecule has 3 aromatic rings. The second kappa shape index (κ2) is 11.9. The van der Waals surface area contributed by atoms with Gasteiger partial charge in [-0.15, -0.1) is 0 Å². The average molecular weight is 520 g/mol. The molecule has 0 saturated heterocycles. The first-order chi connectivity index (χ1) is 18.0. The maximum atomic E-state index is 12.6. The third-order valence-electron chi connectivity index (χ3n) is 5.27. The Morgan fingerprint density at radius 1 is 1.08 bits per heavy atom. The largest absolute Gasteiger partial charge is 0.465 e. The number of benzene rings is 2. The number of nitrogens with one attached hydrogen (secondary N) is 3. The van der Waals surface area contributed by atoms with Crippen LogP contribution in [0, 0.1) is 11.3 Å². The number of esters is 1. The third-order valence-corrected chi connectivity index (χ3v) is 5.27. The van der Waals surface area contributed by atoms with E-state index < -0.39 is 29.8 Å². The van der Waals surface area contributed by atoms with Crippen molar-refractivity contribution < 1.29 is 28.6 Å². The van der Waals surface area contributed by atoms with Crippen LogP contribution in [0.25, 0.3) is 11.3 Å². The average Bonchev–Trinajstić information content (AvgIpc) is 3.36. The molecule has 0 fully saturated rings. The van der Waals surface area contributed by atoms with E-state index in [-0.39, 0.29) is 12.0 Å². The predicted molar refractivity (Wildman–Crippen MR) is 138 cm³/mol. The Balaban J connectivity index is 1.93. The van der Waals surface area contributed by atoms with Gasteiger partial charge in [0.2, 0.25) is 0 Å². The second-order valence-corrected chi connectivity index (χ2v) is 9.27. The first-order valence-corrected chi connectivity index (χ1v) is 11.6. The number of nitriles is 1. The van der Waals surface area contributed by atoms with E-state index in [1.54, 1.807) is 57.3 Å². The highest BCUT2D eigenvalue weighted by atomic mass is 16.6. The number of ether oxygens (including phenoxy) is 3. The van der Waals surface area contributed by atoms with Crippen molar-refractivity contribution in [3.8, 4) is 17.3 Å². The Kier molecular flexibility index (Phi) is 8.70. The number of hydrogen-bond donors (Lipinski definition) is 3. The van der Waals surface area contributed by atoms with Gasteiger partial charge in [-0.1, -0.05) is 12.1 Å². The fourth-order valence-corrected chi connectivity index (χ4v) is 3.61. The van der Waals surface area contributed by atoms with Crippen LogP contribution < -0.4 is 10.6 Å². The first-order valence-electron chi connectivity index (χ1n) is 11.6. The molecule has 11 heteroatoms. The SMILES string of the molecule is COC(=O)Nc1ccc(-c2cnc([C@H](Cc3cccc(C(=O)OC)c3)NC(=O)OC(C)(C)C)[nH]2)c(C#N)c1. The fraction of sp³-hybridized carbons (Fsp3) is 0.296. The Labute approximate surface area is 220 Å². The van der Waals surface area contributed by atoms with E-state index in [1.165, 1.54) is 20.3 Å². The number of H-pyrrole nitrogens is 1. The van der Waals surface area contributed by atoms with E-state index in [1.807, 2.05) is 6.07 Å². The van der Waals surface area contributed by atoms with Gasteiger partial charge in [0.05, 0.1) is 49.3 Å². The molecule has 198 valence electrons. The summed E-state index contributed by atoms with van der Waals surface area (Å²) in [6.07, 6.45) is 0.538. The van der Waals surface area contributed by atoms with Gasteiger partial charge in [-0.05, 0) is 56.7 Å². The second-order valence-electron chi connectivity index (χ2n) is 9.27. The smallest absolute Gasteiger partial charge is 0.411 e. The van der Waals surface area contributed by atoms with E-state index in [9.17, 15) is 19.6 Å². The van der Waals surface area contributed by atoms with Gasteiger partial charge in [-0.3, -0.25) is 5.32 Å².